The number of carboxylic acids is 1. The molecule has 3 aliphatic heterocycles. The molecular formula is C47H76O17. The number of fused-ring (bicyclic) bond motifs is 7. The minimum Gasteiger partial charge on any atom is -0.481 e. The van der Waals surface area contributed by atoms with Crippen LogP contribution in [0.3, 0.4) is 0 Å². The maximum absolute atomic E-state index is 13.1. The normalized spacial score (nSPS) is 54.6. The summed E-state index contributed by atoms with van der Waals surface area (Å²) in [7, 11) is 0. The Morgan fingerprint density at radius 2 is 1.38 bits per heavy atom. The van der Waals surface area contributed by atoms with Crippen molar-refractivity contribution in [1.82, 2.24) is 0 Å². The standard InChI is InChI=1S/C47H76O17/c1-21-37(64-40-35(55)32(52)30(50)24(19-48)61-40)33(53)36(56)39(60-21)62-25-20-59-38(34(54)31(25)51)63-29-12-13-44(6)26(43(29,4)5)11-14-45(7)27(44)10-9-22-23-17-42(2,3)15-16-47(23,41(57)58)28(49)18-46(22,45)8/h9,21,23-40,48-56H,10-20H2,1-8H3,(H,57,58)/t21-,23+,24+,25-,26-,27-,28+,29-,30-,31-,32-,33-,34+,35+,36+,37-,38-,39-,40+,44-,45+,46+,47+/m0/s1. The molecule has 17 nitrogen and oxygen atoms in total. The number of carboxylic acid groups (broad SMARTS) is 1. The third-order valence-corrected chi connectivity index (χ3v) is 19.0. The third kappa shape index (κ3) is 7.40. The van der Waals surface area contributed by atoms with Crippen LogP contribution < -0.4 is 0 Å². The summed E-state index contributed by atoms with van der Waals surface area (Å²) in [4.78, 5) is 13.1. The molecular weight excluding hydrogens is 837 g/mol. The Morgan fingerprint density at radius 1 is 0.719 bits per heavy atom. The van der Waals surface area contributed by atoms with Crippen LogP contribution in [-0.2, 0) is 33.2 Å². The minimum absolute atomic E-state index is 0.0226. The summed E-state index contributed by atoms with van der Waals surface area (Å²) in [6.45, 7) is 16.6. The van der Waals surface area contributed by atoms with Gasteiger partial charge in [0.15, 0.2) is 18.9 Å². The van der Waals surface area contributed by atoms with Crippen molar-refractivity contribution < 1.29 is 84.3 Å². The van der Waals surface area contributed by atoms with E-state index in [4.69, 9.17) is 28.4 Å². The van der Waals surface area contributed by atoms with Crippen molar-refractivity contribution in [1.29, 1.82) is 0 Å². The summed E-state index contributed by atoms with van der Waals surface area (Å²) < 4.78 is 35.5. The highest BCUT2D eigenvalue weighted by atomic mass is 16.8. The Balaban J connectivity index is 0.914. The average molecular weight is 913 g/mol. The number of carbonyl (C=O) groups is 1. The summed E-state index contributed by atoms with van der Waals surface area (Å²) >= 11 is 0. The molecule has 0 amide bonds. The van der Waals surface area contributed by atoms with Crippen molar-refractivity contribution in [2.75, 3.05) is 13.2 Å². The monoisotopic (exact) mass is 913 g/mol. The molecule has 8 aliphatic rings. The second kappa shape index (κ2) is 16.9. The predicted octanol–water partition coefficient (Wildman–Crippen LogP) is 1.34. The lowest BCUT2D eigenvalue weighted by molar-refractivity contribution is -0.371. The Hall–Kier alpha value is -1.39. The van der Waals surface area contributed by atoms with Crippen LogP contribution in [0, 0.1) is 50.2 Å². The van der Waals surface area contributed by atoms with Crippen LogP contribution in [0.1, 0.15) is 113 Å². The summed E-state index contributed by atoms with van der Waals surface area (Å²) in [5.41, 5.74) is -0.972. The molecule has 7 fully saturated rings. The SMILES string of the molecule is C[C@@H]1O[C@@H](O[C@H]2CO[C@@H](O[C@H]3CC[C@@]4(C)[C@@H](CC[C@]5(C)[C@H]4CC=C4[C@H]6CC(C)(C)CC[C@]6(C(=O)O)[C@H](O)C[C@]45C)C3(C)C)[C@H](O)[C@H]2O)[C@H](O)[C@H](O)[C@H]1O[C@H]1O[C@H](CO)[C@H](O)[C@H](O)[C@H]1O. The van der Waals surface area contributed by atoms with Gasteiger partial charge in [-0.3, -0.25) is 4.79 Å². The second-order valence-electron chi connectivity index (χ2n) is 23.1. The topological polar surface area (TPSA) is 275 Å². The number of allylic oxidation sites excluding steroid dienone is 2. The second-order valence-corrected chi connectivity index (χ2v) is 23.1. The Kier molecular flexibility index (Phi) is 13.0. The molecule has 64 heavy (non-hydrogen) atoms. The van der Waals surface area contributed by atoms with Crippen LogP contribution in [0.15, 0.2) is 11.6 Å². The molecule has 0 aromatic heterocycles. The van der Waals surface area contributed by atoms with E-state index in [2.05, 4.69) is 54.5 Å². The van der Waals surface area contributed by atoms with Gasteiger partial charge in [-0.25, -0.2) is 0 Å². The van der Waals surface area contributed by atoms with E-state index < -0.39 is 110 Å². The maximum atomic E-state index is 13.1. The molecule has 23 atom stereocenters. The molecule has 8 rings (SSSR count). The Morgan fingerprint density at radius 3 is 2.05 bits per heavy atom. The highest BCUT2D eigenvalue weighted by Crippen LogP contribution is 2.76. The molecule has 0 radical (unpaired) electrons. The Labute approximate surface area is 376 Å². The van der Waals surface area contributed by atoms with E-state index in [1.165, 1.54) is 12.5 Å². The fourth-order valence-electron chi connectivity index (χ4n) is 14.9. The zero-order valence-electron chi connectivity index (χ0n) is 38.7. The van der Waals surface area contributed by atoms with Gasteiger partial charge < -0.3 is 79.5 Å². The first-order valence-corrected chi connectivity index (χ1v) is 23.7. The largest absolute Gasteiger partial charge is 0.481 e. The van der Waals surface area contributed by atoms with Crippen molar-refractivity contribution >= 4 is 5.97 Å². The van der Waals surface area contributed by atoms with Gasteiger partial charge in [-0.1, -0.05) is 60.1 Å². The van der Waals surface area contributed by atoms with Gasteiger partial charge in [-0.05, 0) is 110 Å². The Bertz CT molecular complexity index is 1760. The summed E-state index contributed by atoms with van der Waals surface area (Å²) in [5, 5.41) is 108. The molecule has 4 saturated carbocycles. The van der Waals surface area contributed by atoms with Crippen LogP contribution in [0.4, 0.5) is 0 Å². The first-order chi connectivity index (χ1) is 29.8. The number of ether oxygens (including phenoxy) is 6. The van der Waals surface area contributed by atoms with E-state index in [9.17, 15) is 55.9 Å². The molecule has 5 aliphatic carbocycles. The van der Waals surface area contributed by atoms with Crippen molar-refractivity contribution in [3.8, 4) is 0 Å². The zero-order valence-corrected chi connectivity index (χ0v) is 38.7. The van der Waals surface area contributed by atoms with Crippen molar-refractivity contribution in [2.24, 2.45) is 50.2 Å². The number of hydrogen-bond acceptors (Lipinski definition) is 16. The highest BCUT2D eigenvalue weighted by Gasteiger charge is 2.71. The van der Waals surface area contributed by atoms with Crippen LogP contribution in [0.5, 0.6) is 0 Å². The van der Waals surface area contributed by atoms with Gasteiger partial charge in [-0.2, -0.15) is 0 Å². The van der Waals surface area contributed by atoms with E-state index in [1.54, 1.807) is 0 Å². The average Bonchev–Trinajstić information content (AvgIpc) is 3.21. The van der Waals surface area contributed by atoms with Gasteiger partial charge in [0, 0.05) is 0 Å². The van der Waals surface area contributed by atoms with Gasteiger partial charge in [0.2, 0.25) is 0 Å². The quantitative estimate of drug-likeness (QED) is 0.122. The molecule has 366 valence electrons. The fourth-order valence-corrected chi connectivity index (χ4v) is 14.9. The first-order valence-electron chi connectivity index (χ1n) is 23.7. The molecule has 0 aromatic carbocycles. The molecule has 10 N–H and O–H groups in total. The molecule has 3 heterocycles. The number of aliphatic carboxylic acids is 1. The van der Waals surface area contributed by atoms with Crippen molar-refractivity contribution in [2.45, 2.75) is 211 Å². The van der Waals surface area contributed by atoms with Crippen LogP contribution in [0.25, 0.3) is 0 Å². The van der Waals surface area contributed by atoms with E-state index >= 15 is 0 Å². The highest BCUT2D eigenvalue weighted by molar-refractivity contribution is 5.77. The van der Waals surface area contributed by atoms with Gasteiger partial charge in [0.1, 0.15) is 66.5 Å². The molecule has 3 saturated heterocycles. The van der Waals surface area contributed by atoms with Gasteiger partial charge in [0.05, 0.1) is 31.5 Å². The smallest absolute Gasteiger partial charge is 0.312 e. The van der Waals surface area contributed by atoms with Crippen molar-refractivity contribution in [3.05, 3.63) is 11.6 Å². The number of hydrogen-bond donors (Lipinski definition) is 10. The molecule has 0 aromatic rings. The summed E-state index contributed by atoms with van der Waals surface area (Å²) in [5.74, 6) is -0.592. The summed E-state index contributed by atoms with van der Waals surface area (Å²) in [6.07, 6.45) is -12.9. The van der Waals surface area contributed by atoms with E-state index in [1.807, 2.05) is 0 Å². The first kappa shape index (κ1) is 49.0. The summed E-state index contributed by atoms with van der Waals surface area (Å²) in [6, 6.07) is 0. The maximum Gasteiger partial charge on any atom is 0.312 e. The lowest BCUT2D eigenvalue weighted by atomic mass is 9.33. The molecule has 17 heteroatoms. The minimum atomic E-state index is -1.75. The fraction of sp³-hybridized carbons (Fsp3) is 0.936. The van der Waals surface area contributed by atoms with Gasteiger partial charge >= 0.3 is 5.97 Å². The zero-order chi connectivity index (χ0) is 46.9. The van der Waals surface area contributed by atoms with Gasteiger partial charge in [0.25, 0.3) is 0 Å². The van der Waals surface area contributed by atoms with Crippen LogP contribution >= 0.6 is 0 Å². The number of rotatable bonds is 8. The molecule has 0 unspecified atom stereocenters. The number of aliphatic hydroxyl groups excluding tert-OH is 9. The predicted molar refractivity (Wildman–Crippen MR) is 225 cm³/mol. The van der Waals surface area contributed by atoms with Crippen molar-refractivity contribution in [3.63, 3.8) is 0 Å². The van der Waals surface area contributed by atoms with Gasteiger partial charge in [-0.15, -0.1) is 0 Å². The lowest BCUT2D eigenvalue weighted by Gasteiger charge is -2.71. The lowest BCUT2D eigenvalue weighted by Crippen LogP contribution is -2.68. The van der Waals surface area contributed by atoms with Crippen LogP contribution in [-0.4, -0.2) is 168 Å². The molecule has 0 spiro atoms. The van der Waals surface area contributed by atoms with E-state index in [-0.39, 0.29) is 57.5 Å². The number of aliphatic hydroxyl groups is 9. The van der Waals surface area contributed by atoms with Crippen LogP contribution in [0.2, 0.25) is 0 Å². The van der Waals surface area contributed by atoms with E-state index in [0.29, 0.717) is 19.3 Å². The van der Waals surface area contributed by atoms with E-state index in [0.717, 1.165) is 38.5 Å². The third-order valence-electron chi connectivity index (χ3n) is 19.0. The molecule has 0 bridgehead atoms.